The molecule has 0 spiro atoms. The third-order valence-corrected chi connectivity index (χ3v) is 2.87. The molecular weight excluding hydrogens is 268 g/mol. The number of carbonyl (C=O) groups excluding carboxylic acids is 1. The van der Waals surface area contributed by atoms with Crippen molar-refractivity contribution in [1.29, 1.82) is 5.26 Å². The van der Waals surface area contributed by atoms with E-state index in [0.717, 1.165) is 4.90 Å². The van der Waals surface area contributed by atoms with Gasteiger partial charge in [-0.15, -0.1) is 0 Å². The molecule has 5 nitrogen and oxygen atoms in total. The van der Waals surface area contributed by atoms with Crippen molar-refractivity contribution in [2.24, 2.45) is 0 Å². The molecule has 0 aliphatic rings. The summed E-state index contributed by atoms with van der Waals surface area (Å²) in [7, 11) is 0. The molecule has 0 saturated carbocycles. The van der Waals surface area contributed by atoms with Crippen LogP contribution in [0.5, 0.6) is 0 Å². The van der Waals surface area contributed by atoms with Gasteiger partial charge in [0.1, 0.15) is 12.6 Å². The van der Waals surface area contributed by atoms with Crippen LogP contribution in [-0.2, 0) is 4.79 Å². The number of aliphatic carboxylic acids is 1. The Balaban J connectivity index is 2.47. The number of para-hydroxylation sites is 1. The van der Waals surface area contributed by atoms with Crippen LogP contribution < -0.4 is 4.90 Å². The lowest BCUT2D eigenvalue weighted by atomic mass is 10.1. The van der Waals surface area contributed by atoms with E-state index >= 15 is 0 Å². The number of hydrogen-bond donors (Lipinski definition) is 1. The van der Waals surface area contributed by atoms with E-state index in [1.165, 1.54) is 0 Å². The molecule has 0 aromatic heterocycles. The highest BCUT2D eigenvalue weighted by molar-refractivity contribution is 6.08. The van der Waals surface area contributed by atoms with Crippen LogP contribution in [0.2, 0.25) is 0 Å². The molecule has 0 unspecified atom stereocenters. The second kappa shape index (κ2) is 6.35. The predicted octanol–water partition coefficient (Wildman–Crippen LogP) is 2.29. The van der Waals surface area contributed by atoms with E-state index in [1.807, 2.05) is 6.07 Å². The average Bonchev–Trinajstić information content (AvgIpc) is 2.52. The number of anilines is 1. The Labute approximate surface area is 121 Å². The lowest BCUT2D eigenvalue weighted by Crippen LogP contribution is -2.36. The summed E-state index contributed by atoms with van der Waals surface area (Å²) >= 11 is 0. The van der Waals surface area contributed by atoms with Gasteiger partial charge < -0.3 is 5.11 Å². The van der Waals surface area contributed by atoms with E-state index in [9.17, 15) is 9.59 Å². The van der Waals surface area contributed by atoms with Gasteiger partial charge in [-0.1, -0.05) is 30.3 Å². The Morgan fingerprint density at radius 3 is 2.29 bits per heavy atom. The fraction of sp³-hybridized carbons (Fsp3) is 0.0625. The fourth-order valence-corrected chi connectivity index (χ4v) is 1.94. The van der Waals surface area contributed by atoms with Gasteiger partial charge in [0.15, 0.2) is 0 Å². The predicted molar refractivity (Wildman–Crippen MR) is 76.9 cm³/mol. The van der Waals surface area contributed by atoms with Crippen LogP contribution in [0.15, 0.2) is 54.6 Å². The van der Waals surface area contributed by atoms with E-state index in [2.05, 4.69) is 0 Å². The topological polar surface area (TPSA) is 81.4 Å². The molecule has 0 radical (unpaired) electrons. The molecule has 0 aliphatic carbocycles. The van der Waals surface area contributed by atoms with Crippen molar-refractivity contribution in [3.05, 3.63) is 65.7 Å². The van der Waals surface area contributed by atoms with Crippen LogP contribution in [0.4, 0.5) is 5.69 Å². The number of hydrogen-bond acceptors (Lipinski definition) is 3. The molecule has 0 saturated heterocycles. The first-order chi connectivity index (χ1) is 10.1. The van der Waals surface area contributed by atoms with E-state index < -0.39 is 18.4 Å². The van der Waals surface area contributed by atoms with Crippen molar-refractivity contribution in [1.82, 2.24) is 0 Å². The summed E-state index contributed by atoms with van der Waals surface area (Å²) in [5.41, 5.74) is 0.908. The normalized spacial score (nSPS) is 9.67. The Hall–Kier alpha value is -3.13. The Morgan fingerprint density at radius 1 is 1.05 bits per heavy atom. The fourth-order valence-electron chi connectivity index (χ4n) is 1.94. The highest BCUT2D eigenvalue weighted by Crippen LogP contribution is 2.21. The Bertz CT molecular complexity index is 705. The number of nitrogens with zero attached hydrogens (tertiary/aromatic N) is 2. The number of benzene rings is 2. The van der Waals surface area contributed by atoms with Gasteiger partial charge in [-0.05, 0) is 24.3 Å². The largest absolute Gasteiger partial charge is 0.480 e. The molecule has 1 amide bonds. The summed E-state index contributed by atoms with van der Waals surface area (Å²) in [5, 5.41) is 18.1. The quantitative estimate of drug-likeness (QED) is 0.931. The molecule has 0 aliphatic heterocycles. The molecule has 21 heavy (non-hydrogen) atoms. The molecule has 0 atom stereocenters. The number of carboxylic acids is 1. The van der Waals surface area contributed by atoms with Gasteiger partial charge >= 0.3 is 5.97 Å². The summed E-state index contributed by atoms with van der Waals surface area (Å²) in [6.07, 6.45) is 0. The Kier molecular flexibility index (Phi) is 4.32. The van der Waals surface area contributed by atoms with Crippen LogP contribution in [0.3, 0.4) is 0 Å². The highest BCUT2D eigenvalue weighted by Gasteiger charge is 2.22. The second-order valence-electron chi connectivity index (χ2n) is 4.28. The lowest BCUT2D eigenvalue weighted by Gasteiger charge is -2.22. The number of nitriles is 1. The zero-order chi connectivity index (χ0) is 15.2. The van der Waals surface area contributed by atoms with Gasteiger partial charge in [0.05, 0.1) is 11.3 Å². The number of rotatable bonds is 4. The zero-order valence-corrected chi connectivity index (χ0v) is 11.1. The van der Waals surface area contributed by atoms with Crippen LogP contribution in [-0.4, -0.2) is 23.5 Å². The smallest absolute Gasteiger partial charge is 0.323 e. The summed E-state index contributed by atoms with van der Waals surface area (Å²) in [4.78, 5) is 24.6. The maximum Gasteiger partial charge on any atom is 0.323 e. The molecule has 2 aromatic carbocycles. The van der Waals surface area contributed by atoms with E-state index in [0.29, 0.717) is 5.56 Å². The number of carbonyl (C=O) groups is 2. The monoisotopic (exact) mass is 280 g/mol. The minimum absolute atomic E-state index is 0.253. The molecule has 2 rings (SSSR count). The molecule has 104 valence electrons. The van der Waals surface area contributed by atoms with Crippen molar-refractivity contribution in [3.63, 3.8) is 0 Å². The zero-order valence-electron chi connectivity index (χ0n) is 11.1. The molecule has 2 aromatic rings. The van der Waals surface area contributed by atoms with Crippen molar-refractivity contribution in [2.45, 2.75) is 0 Å². The van der Waals surface area contributed by atoms with Crippen molar-refractivity contribution < 1.29 is 14.7 Å². The molecule has 0 fully saturated rings. The second-order valence-corrected chi connectivity index (χ2v) is 4.28. The van der Waals surface area contributed by atoms with E-state index in [4.69, 9.17) is 10.4 Å². The van der Waals surface area contributed by atoms with Gasteiger partial charge in [-0.25, -0.2) is 0 Å². The van der Waals surface area contributed by atoms with E-state index in [-0.39, 0.29) is 11.3 Å². The maximum absolute atomic E-state index is 12.5. The summed E-state index contributed by atoms with van der Waals surface area (Å²) < 4.78 is 0. The third-order valence-electron chi connectivity index (χ3n) is 2.87. The van der Waals surface area contributed by atoms with Crippen LogP contribution >= 0.6 is 0 Å². The van der Waals surface area contributed by atoms with E-state index in [1.54, 1.807) is 54.6 Å². The summed E-state index contributed by atoms with van der Waals surface area (Å²) in [6, 6.07) is 16.8. The van der Waals surface area contributed by atoms with Gasteiger partial charge in [0, 0.05) is 5.56 Å². The highest BCUT2D eigenvalue weighted by atomic mass is 16.4. The first kappa shape index (κ1) is 14.3. The standard InChI is InChI=1S/C16H12N2O3/c17-10-13-8-4-5-9-14(13)18(11-15(19)20)16(21)12-6-2-1-3-7-12/h1-9H,11H2,(H,19,20). The molecule has 5 heteroatoms. The van der Waals surface area contributed by atoms with Gasteiger partial charge in [-0.2, -0.15) is 5.26 Å². The van der Waals surface area contributed by atoms with Gasteiger partial charge in [0.2, 0.25) is 0 Å². The van der Waals surface area contributed by atoms with Gasteiger partial charge in [0.25, 0.3) is 5.91 Å². The number of carboxylic acid groups (broad SMARTS) is 1. The summed E-state index contributed by atoms with van der Waals surface area (Å²) in [6.45, 7) is -0.508. The van der Waals surface area contributed by atoms with Crippen LogP contribution in [0.1, 0.15) is 15.9 Å². The molecule has 0 heterocycles. The SMILES string of the molecule is N#Cc1ccccc1N(CC(=O)O)C(=O)c1ccccc1. The van der Waals surface area contributed by atoms with Crippen LogP contribution in [0.25, 0.3) is 0 Å². The first-order valence-electron chi connectivity index (χ1n) is 6.21. The molecule has 1 N–H and O–H groups in total. The molecular formula is C16H12N2O3. The van der Waals surface area contributed by atoms with Crippen molar-refractivity contribution >= 4 is 17.6 Å². The minimum Gasteiger partial charge on any atom is -0.480 e. The van der Waals surface area contributed by atoms with Crippen molar-refractivity contribution in [2.75, 3.05) is 11.4 Å². The maximum atomic E-state index is 12.5. The Morgan fingerprint density at radius 2 is 1.67 bits per heavy atom. The van der Waals surface area contributed by atoms with Crippen molar-refractivity contribution in [3.8, 4) is 6.07 Å². The average molecular weight is 280 g/mol. The third kappa shape index (κ3) is 3.25. The van der Waals surface area contributed by atoms with Crippen LogP contribution in [0, 0.1) is 11.3 Å². The molecule has 0 bridgehead atoms. The number of amides is 1. The first-order valence-corrected chi connectivity index (χ1v) is 6.21. The minimum atomic E-state index is -1.15. The summed E-state index contributed by atoms with van der Waals surface area (Å²) in [5.74, 6) is -1.60. The van der Waals surface area contributed by atoms with Gasteiger partial charge in [-0.3, -0.25) is 14.5 Å². The lowest BCUT2D eigenvalue weighted by molar-refractivity contribution is -0.135.